The summed E-state index contributed by atoms with van der Waals surface area (Å²) in [6, 6.07) is 9.93. The fraction of sp³-hybridized carbons (Fsp3) is 0.433. The summed E-state index contributed by atoms with van der Waals surface area (Å²) in [5.74, 6) is -4.66. The zero-order chi connectivity index (χ0) is 29.2. The number of benzene rings is 2. The largest absolute Gasteiger partial charge is 0.493 e. The van der Waals surface area contributed by atoms with Gasteiger partial charge in [0.2, 0.25) is 5.41 Å². The lowest BCUT2D eigenvalue weighted by Crippen LogP contribution is -2.58. The summed E-state index contributed by atoms with van der Waals surface area (Å²) in [4.78, 5) is 54.4. The van der Waals surface area contributed by atoms with Crippen molar-refractivity contribution in [1.29, 1.82) is 0 Å². The molecule has 0 aliphatic carbocycles. The van der Waals surface area contributed by atoms with E-state index >= 15 is 0 Å². The highest BCUT2D eigenvalue weighted by Gasteiger charge is 2.75. The van der Waals surface area contributed by atoms with Crippen molar-refractivity contribution < 1.29 is 38.1 Å². The monoisotopic (exact) mass is 548 g/mol. The quantitative estimate of drug-likeness (QED) is 0.318. The number of Topliss-reactive ketones (excluding diaryl/α,β-unsaturated/α-hetero) is 1. The van der Waals surface area contributed by atoms with Crippen LogP contribution in [0.5, 0.6) is 11.5 Å². The number of carbonyl (C=O) groups excluding carboxylic acids is 4. The van der Waals surface area contributed by atoms with Crippen molar-refractivity contribution in [3.8, 4) is 11.5 Å². The Morgan fingerprint density at radius 3 is 2.25 bits per heavy atom. The number of esters is 3. The summed E-state index contributed by atoms with van der Waals surface area (Å²) in [5, 5.41) is 6.20. The Bertz CT molecular complexity index is 1430. The summed E-state index contributed by atoms with van der Waals surface area (Å²) >= 11 is 0. The number of ether oxygens (including phenoxy) is 4. The van der Waals surface area contributed by atoms with Crippen molar-refractivity contribution >= 4 is 29.9 Å². The Hall–Kier alpha value is -4.21. The summed E-state index contributed by atoms with van der Waals surface area (Å²) in [6.45, 7) is 9.57. The second-order valence-electron chi connectivity index (χ2n) is 11.7. The van der Waals surface area contributed by atoms with E-state index in [1.165, 1.54) is 33.9 Å². The van der Waals surface area contributed by atoms with Crippen molar-refractivity contribution in [2.75, 3.05) is 7.11 Å². The van der Waals surface area contributed by atoms with Crippen LogP contribution < -0.4 is 9.47 Å². The van der Waals surface area contributed by atoms with Gasteiger partial charge in [0.1, 0.15) is 12.1 Å². The molecule has 40 heavy (non-hydrogen) atoms. The Morgan fingerprint density at radius 2 is 1.65 bits per heavy atom. The van der Waals surface area contributed by atoms with Gasteiger partial charge >= 0.3 is 17.9 Å². The summed E-state index contributed by atoms with van der Waals surface area (Å²) in [5.41, 5.74) is -1.09. The zero-order valence-corrected chi connectivity index (χ0v) is 23.5. The zero-order valence-electron chi connectivity index (χ0n) is 23.5. The maximum atomic E-state index is 14.3. The number of nitrogens with zero attached hydrogens (tertiary/aromatic N) is 2. The maximum Gasteiger partial charge on any atom is 0.330 e. The summed E-state index contributed by atoms with van der Waals surface area (Å²) in [6.07, 6.45) is 1.62. The molecule has 2 aromatic rings. The van der Waals surface area contributed by atoms with Gasteiger partial charge in [-0.1, -0.05) is 51.1 Å². The fourth-order valence-electron chi connectivity index (χ4n) is 5.95. The van der Waals surface area contributed by atoms with E-state index in [1.807, 2.05) is 18.2 Å². The van der Waals surface area contributed by atoms with Crippen LogP contribution >= 0.6 is 0 Å². The van der Waals surface area contributed by atoms with Gasteiger partial charge in [0, 0.05) is 32.1 Å². The van der Waals surface area contributed by atoms with Crippen LogP contribution in [0.4, 0.5) is 0 Å². The van der Waals surface area contributed by atoms with Gasteiger partial charge in [-0.05, 0) is 28.8 Å². The van der Waals surface area contributed by atoms with E-state index in [4.69, 9.17) is 18.9 Å². The first-order chi connectivity index (χ1) is 18.7. The molecule has 0 bridgehead atoms. The molecule has 10 heteroatoms. The van der Waals surface area contributed by atoms with Crippen molar-refractivity contribution in [1.82, 2.24) is 5.01 Å². The molecule has 0 aromatic heterocycles. The van der Waals surface area contributed by atoms with Gasteiger partial charge in [-0.25, -0.2) is 0 Å². The fourth-order valence-corrected chi connectivity index (χ4v) is 5.95. The molecule has 2 fully saturated rings. The van der Waals surface area contributed by atoms with E-state index in [1.54, 1.807) is 50.2 Å². The third kappa shape index (κ3) is 4.04. The molecule has 1 unspecified atom stereocenters. The third-order valence-electron chi connectivity index (χ3n) is 7.57. The van der Waals surface area contributed by atoms with Crippen LogP contribution in [-0.4, -0.2) is 53.9 Å². The maximum absolute atomic E-state index is 14.3. The molecule has 3 aliphatic heterocycles. The molecule has 2 aromatic carbocycles. The van der Waals surface area contributed by atoms with E-state index in [-0.39, 0.29) is 17.3 Å². The van der Waals surface area contributed by atoms with Crippen LogP contribution in [0.15, 0.2) is 47.6 Å². The number of cyclic esters (lactones) is 2. The van der Waals surface area contributed by atoms with Gasteiger partial charge < -0.3 is 18.9 Å². The number of hydrazone groups is 1. The highest BCUT2D eigenvalue weighted by Crippen LogP contribution is 2.63. The van der Waals surface area contributed by atoms with Gasteiger partial charge in [0.05, 0.1) is 13.3 Å². The Morgan fingerprint density at radius 1 is 1.00 bits per heavy atom. The number of hydrogen-bond donors (Lipinski definition) is 0. The van der Waals surface area contributed by atoms with E-state index in [2.05, 4.69) is 5.10 Å². The molecular formula is C30H32N2O8. The second-order valence-corrected chi connectivity index (χ2v) is 11.7. The van der Waals surface area contributed by atoms with Crippen molar-refractivity contribution in [3.05, 3.63) is 59.2 Å². The molecule has 0 saturated carbocycles. The number of fused-ring (bicyclic) bond motifs is 4. The minimum Gasteiger partial charge on any atom is -0.493 e. The van der Waals surface area contributed by atoms with Crippen LogP contribution in [0.25, 0.3) is 0 Å². The molecule has 2 saturated heterocycles. The highest BCUT2D eigenvalue weighted by molar-refractivity contribution is 6.07. The predicted octanol–water partition coefficient (Wildman–Crippen LogP) is 3.91. The third-order valence-corrected chi connectivity index (χ3v) is 7.57. The molecule has 0 radical (unpaired) electrons. The first kappa shape index (κ1) is 27.4. The predicted molar refractivity (Wildman–Crippen MR) is 143 cm³/mol. The first-order valence-corrected chi connectivity index (χ1v) is 13.0. The van der Waals surface area contributed by atoms with Gasteiger partial charge in [0.25, 0.3) is 5.79 Å². The van der Waals surface area contributed by atoms with E-state index in [0.717, 1.165) is 0 Å². The van der Waals surface area contributed by atoms with E-state index < -0.39 is 52.5 Å². The normalized spacial score (nSPS) is 24.1. The number of hydrogen-bond acceptors (Lipinski definition) is 10. The number of ketones is 1. The molecule has 3 aliphatic rings. The molecule has 3 atom stereocenters. The van der Waals surface area contributed by atoms with Crippen LogP contribution in [0.2, 0.25) is 0 Å². The molecular weight excluding hydrogens is 516 g/mol. The summed E-state index contributed by atoms with van der Waals surface area (Å²) < 4.78 is 22.3. The molecule has 0 amide bonds. The number of rotatable bonds is 4. The Kier molecular flexibility index (Phi) is 6.28. The van der Waals surface area contributed by atoms with Crippen LogP contribution in [-0.2, 0) is 28.7 Å². The first-order valence-electron chi connectivity index (χ1n) is 13.0. The van der Waals surface area contributed by atoms with Crippen LogP contribution in [0.1, 0.15) is 70.2 Å². The standard InChI is InChI=1S/C30H32N2O8/c1-16(33)38-20-13-12-17(14-21(20)37-7)22-23(25(34)28(2,3)4)32-24(19-11-9-8-10-18(19)15-31-32)30(22)26(35)39-29(5,6)40-27(30)36/h8-15,22-24H,1-7H3/t22-,23+,24?/m1/s1. The average Bonchev–Trinajstić information content (AvgIpc) is 3.18. The van der Waals surface area contributed by atoms with Gasteiger partial charge in [-0.15, -0.1) is 0 Å². The van der Waals surface area contributed by atoms with Gasteiger partial charge in [-0.2, -0.15) is 5.10 Å². The lowest BCUT2D eigenvalue weighted by Gasteiger charge is -2.44. The van der Waals surface area contributed by atoms with E-state index in [9.17, 15) is 19.2 Å². The Labute approximate surface area is 232 Å². The van der Waals surface area contributed by atoms with Crippen molar-refractivity contribution in [2.24, 2.45) is 15.9 Å². The topological polar surface area (TPSA) is 121 Å². The highest BCUT2D eigenvalue weighted by atomic mass is 16.7. The lowest BCUT2D eigenvalue weighted by atomic mass is 9.64. The number of carbonyl (C=O) groups is 4. The minimum absolute atomic E-state index is 0.153. The second kappa shape index (κ2) is 9.18. The number of methoxy groups -OCH3 is 1. The van der Waals surface area contributed by atoms with Crippen LogP contribution in [0.3, 0.4) is 0 Å². The van der Waals surface area contributed by atoms with Crippen LogP contribution in [0, 0.1) is 10.8 Å². The molecule has 10 nitrogen and oxygen atoms in total. The van der Waals surface area contributed by atoms with Crippen molar-refractivity contribution in [3.63, 3.8) is 0 Å². The smallest absolute Gasteiger partial charge is 0.330 e. The van der Waals surface area contributed by atoms with Gasteiger partial charge in [-0.3, -0.25) is 24.2 Å². The molecule has 210 valence electrons. The molecule has 3 heterocycles. The lowest BCUT2D eigenvalue weighted by molar-refractivity contribution is -0.254. The van der Waals surface area contributed by atoms with Crippen molar-refractivity contribution in [2.45, 2.75) is 65.3 Å². The molecule has 0 N–H and O–H groups in total. The summed E-state index contributed by atoms with van der Waals surface area (Å²) in [7, 11) is 1.41. The van der Waals surface area contributed by atoms with E-state index in [0.29, 0.717) is 16.7 Å². The molecule has 1 spiro atoms. The molecule has 5 rings (SSSR count). The minimum atomic E-state index is -2.00. The average molecular weight is 549 g/mol. The van der Waals surface area contributed by atoms with Gasteiger partial charge in [0.15, 0.2) is 17.3 Å². The Balaban J connectivity index is 1.83. The SMILES string of the molecule is COc1cc([C@@H]2[C@@H](C(=O)C(C)(C)C)N3N=Cc4ccccc4C3C23C(=O)OC(C)(C)OC3=O)ccc1OC(C)=O.